The average molecular weight is 304 g/mol. The Morgan fingerprint density at radius 2 is 2.10 bits per heavy atom. The van der Waals surface area contributed by atoms with Crippen LogP contribution in [0.1, 0.15) is 11.1 Å². The second-order valence-corrected chi connectivity index (χ2v) is 4.53. The third kappa shape index (κ3) is 3.28. The first-order valence-electron chi connectivity index (χ1n) is 5.90. The second-order valence-electron chi connectivity index (χ2n) is 4.12. The van der Waals surface area contributed by atoms with Gasteiger partial charge in [-0.1, -0.05) is 17.7 Å². The number of nitrogens with two attached hydrogens (primary N) is 1. The van der Waals surface area contributed by atoms with Gasteiger partial charge in [0.2, 0.25) is 0 Å². The highest BCUT2D eigenvalue weighted by molar-refractivity contribution is 6.32. The van der Waals surface area contributed by atoms with Gasteiger partial charge in [0.15, 0.2) is 0 Å². The van der Waals surface area contributed by atoms with Crippen LogP contribution in [0.15, 0.2) is 36.4 Å². The van der Waals surface area contributed by atoms with E-state index >= 15 is 0 Å². The summed E-state index contributed by atoms with van der Waals surface area (Å²) in [5, 5.41) is 19.8. The summed E-state index contributed by atoms with van der Waals surface area (Å²) in [7, 11) is 0. The SMILES string of the molecule is N#Cc1cc(CN)ccc1Oc1ccc([N+](=O)[O-])c(Cl)c1. The lowest BCUT2D eigenvalue weighted by atomic mass is 10.1. The molecule has 0 atom stereocenters. The van der Waals surface area contributed by atoms with Crippen LogP contribution in [0.25, 0.3) is 0 Å². The van der Waals surface area contributed by atoms with Gasteiger partial charge in [0.05, 0.1) is 10.5 Å². The van der Waals surface area contributed by atoms with Crippen molar-refractivity contribution in [2.24, 2.45) is 5.73 Å². The zero-order valence-electron chi connectivity index (χ0n) is 10.7. The molecule has 0 aliphatic carbocycles. The fourth-order valence-corrected chi connectivity index (χ4v) is 1.95. The molecule has 21 heavy (non-hydrogen) atoms. The first kappa shape index (κ1) is 14.8. The number of halogens is 1. The van der Waals surface area contributed by atoms with Gasteiger partial charge in [-0.15, -0.1) is 0 Å². The fourth-order valence-electron chi connectivity index (χ4n) is 1.71. The predicted molar refractivity (Wildman–Crippen MR) is 77.2 cm³/mol. The van der Waals surface area contributed by atoms with E-state index in [1.807, 2.05) is 6.07 Å². The topological polar surface area (TPSA) is 102 Å². The van der Waals surface area contributed by atoms with Crippen molar-refractivity contribution < 1.29 is 9.66 Å². The molecule has 0 spiro atoms. The molecule has 0 saturated carbocycles. The van der Waals surface area contributed by atoms with E-state index in [0.29, 0.717) is 23.6 Å². The average Bonchev–Trinajstić information content (AvgIpc) is 2.47. The van der Waals surface area contributed by atoms with Gasteiger partial charge in [-0.25, -0.2) is 0 Å². The largest absolute Gasteiger partial charge is 0.456 e. The van der Waals surface area contributed by atoms with E-state index in [1.165, 1.54) is 18.2 Å². The van der Waals surface area contributed by atoms with Crippen LogP contribution in [0, 0.1) is 21.4 Å². The van der Waals surface area contributed by atoms with Crippen molar-refractivity contribution >= 4 is 17.3 Å². The third-order valence-electron chi connectivity index (χ3n) is 2.74. The van der Waals surface area contributed by atoms with E-state index in [2.05, 4.69) is 0 Å². The minimum absolute atomic E-state index is 0.0328. The molecule has 106 valence electrons. The van der Waals surface area contributed by atoms with Gasteiger partial charge in [-0.3, -0.25) is 10.1 Å². The van der Waals surface area contributed by atoms with E-state index in [0.717, 1.165) is 5.56 Å². The van der Waals surface area contributed by atoms with Gasteiger partial charge in [-0.2, -0.15) is 5.26 Å². The van der Waals surface area contributed by atoms with Crippen LogP contribution >= 0.6 is 11.6 Å². The maximum absolute atomic E-state index is 10.7. The van der Waals surface area contributed by atoms with E-state index in [4.69, 9.17) is 27.3 Å². The molecule has 0 unspecified atom stereocenters. The summed E-state index contributed by atoms with van der Waals surface area (Å²) >= 11 is 5.81. The number of hydrogen-bond acceptors (Lipinski definition) is 5. The highest BCUT2D eigenvalue weighted by Crippen LogP contribution is 2.32. The summed E-state index contributed by atoms with van der Waals surface area (Å²) in [5.41, 5.74) is 6.44. The summed E-state index contributed by atoms with van der Waals surface area (Å²) in [6.07, 6.45) is 0. The molecule has 2 N–H and O–H groups in total. The number of benzene rings is 2. The van der Waals surface area contributed by atoms with Crippen LogP contribution in [0.4, 0.5) is 5.69 Å². The summed E-state index contributed by atoms with van der Waals surface area (Å²) in [6, 6.07) is 11.0. The number of hydrogen-bond donors (Lipinski definition) is 1. The van der Waals surface area contributed by atoms with Gasteiger partial charge < -0.3 is 10.5 Å². The molecule has 0 saturated heterocycles. The van der Waals surface area contributed by atoms with E-state index < -0.39 is 4.92 Å². The van der Waals surface area contributed by atoms with Crippen molar-refractivity contribution in [2.75, 3.05) is 0 Å². The molecule has 2 aromatic rings. The molecule has 0 aliphatic heterocycles. The predicted octanol–water partition coefficient (Wildman–Crippen LogP) is 3.37. The van der Waals surface area contributed by atoms with E-state index in [-0.39, 0.29) is 10.7 Å². The first-order chi connectivity index (χ1) is 10.0. The molecule has 2 aromatic carbocycles. The van der Waals surface area contributed by atoms with Crippen molar-refractivity contribution in [3.8, 4) is 17.6 Å². The van der Waals surface area contributed by atoms with Crippen LogP contribution < -0.4 is 10.5 Å². The minimum Gasteiger partial charge on any atom is -0.456 e. The van der Waals surface area contributed by atoms with Crippen LogP contribution in [-0.4, -0.2) is 4.92 Å². The maximum Gasteiger partial charge on any atom is 0.288 e. The Morgan fingerprint density at radius 3 is 2.67 bits per heavy atom. The Morgan fingerprint density at radius 1 is 1.33 bits per heavy atom. The molecular formula is C14H10ClN3O3. The van der Waals surface area contributed by atoms with Crippen molar-refractivity contribution in [1.82, 2.24) is 0 Å². The monoisotopic (exact) mass is 303 g/mol. The van der Waals surface area contributed by atoms with Crippen LogP contribution in [0.5, 0.6) is 11.5 Å². The Kier molecular flexibility index (Phi) is 4.38. The molecule has 0 amide bonds. The molecule has 0 radical (unpaired) electrons. The second kappa shape index (κ2) is 6.22. The number of nitriles is 1. The number of nitrogens with zero attached hydrogens (tertiary/aromatic N) is 2. The molecule has 0 heterocycles. The lowest BCUT2D eigenvalue weighted by molar-refractivity contribution is -0.384. The summed E-state index contributed by atoms with van der Waals surface area (Å²) in [4.78, 5) is 10.1. The molecule has 0 fully saturated rings. The highest BCUT2D eigenvalue weighted by Gasteiger charge is 2.14. The Labute approximate surface area is 125 Å². The molecule has 6 nitrogen and oxygen atoms in total. The maximum atomic E-state index is 10.7. The quantitative estimate of drug-likeness (QED) is 0.689. The number of nitro benzene ring substituents is 1. The number of nitro groups is 1. The summed E-state index contributed by atoms with van der Waals surface area (Å²) < 4.78 is 5.55. The Bertz CT molecular complexity index is 741. The normalized spacial score (nSPS) is 9.95. The standard InChI is InChI=1S/C14H10ClN3O3/c15-12-6-11(2-3-13(12)18(19)20)21-14-4-1-9(7-16)5-10(14)8-17/h1-6H,7,16H2. The molecule has 2 rings (SSSR count). The van der Waals surface area contributed by atoms with Gasteiger partial charge in [0.1, 0.15) is 22.6 Å². The van der Waals surface area contributed by atoms with E-state index in [9.17, 15) is 10.1 Å². The van der Waals surface area contributed by atoms with E-state index in [1.54, 1.807) is 18.2 Å². The van der Waals surface area contributed by atoms with Crippen molar-refractivity contribution in [2.45, 2.75) is 6.54 Å². The first-order valence-corrected chi connectivity index (χ1v) is 6.28. The van der Waals surface area contributed by atoms with Crippen molar-refractivity contribution in [3.05, 3.63) is 62.7 Å². The van der Waals surface area contributed by atoms with Gasteiger partial charge in [0.25, 0.3) is 5.69 Å². The van der Waals surface area contributed by atoms with Gasteiger partial charge in [0, 0.05) is 18.7 Å². The lowest BCUT2D eigenvalue weighted by Crippen LogP contribution is -1.97. The third-order valence-corrected chi connectivity index (χ3v) is 3.05. The lowest BCUT2D eigenvalue weighted by Gasteiger charge is -2.09. The Balaban J connectivity index is 2.32. The smallest absolute Gasteiger partial charge is 0.288 e. The van der Waals surface area contributed by atoms with Crippen molar-refractivity contribution in [3.63, 3.8) is 0 Å². The molecule has 7 heteroatoms. The Hall–Kier alpha value is -2.62. The van der Waals surface area contributed by atoms with Crippen molar-refractivity contribution in [1.29, 1.82) is 5.26 Å². The molecule has 0 aliphatic rings. The van der Waals surface area contributed by atoms with Crippen LogP contribution in [0.3, 0.4) is 0 Å². The number of ether oxygens (including phenoxy) is 1. The zero-order chi connectivity index (χ0) is 15.4. The molecule has 0 bridgehead atoms. The summed E-state index contributed by atoms with van der Waals surface area (Å²) in [5.74, 6) is 0.641. The summed E-state index contributed by atoms with van der Waals surface area (Å²) in [6.45, 7) is 0.318. The zero-order valence-corrected chi connectivity index (χ0v) is 11.5. The fraction of sp³-hybridized carbons (Fsp3) is 0.0714. The molecular weight excluding hydrogens is 294 g/mol. The van der Waals surface area contributed by atoms with Gasteiger partial charge >= 0.3 is 0 Å². The molecule has 0 aromatic heterocycles. The van der Waals surface area contributed by atoms with Crippen LogP contribution in [-0.2, 0) is 6.54 Å². The van der Waals surface area contributed by atoms with Crippen LogP contribution in [0.2, 0.25) is 5.02 Å². The van der Waals surface area contributed by atoms with Gasteiger partial charge in [-0.05, 0) is 23.8 Å². The highest BCUT2D eigenvalue weighted by atomic mass is 35.5. The minimum atomic E-state index is -0.580. The number of rotatable bonds is 4.